The molecule has 1 rings (SSSR count). The van der Waals surface area contributed by atoms with Crippen LogP contribution in [0.3, 0.4) is 0 Å². The lowest BCUT2D eigenvalue weighted by molar-refractivity contribution is -0.138. The molecule has 0 saturated carbocycles. The van der Waals surface area contributed by atoms with Gasteiger partial charge in [0.25, 0.3) is 0 Å². The summed E-state index contributed by atoms with van der Waals surface area (Å²) in [6.07, 6.45) is -4.58. The molecule has 108 valence electrons. The lowest BCUT2D eigenvalue weighted by Crippen LogP contribution is -2.22. The third-order valence-electron chi connectivity index (χ3n) is 2.52. The SMILES string of the molecule is CCS(=O)CCNCc1ccc(F)cc1C(F)(F)F. The van der Waals surface area contributed by atoms with Gasteiger partial charge in [-0.05, 0) is 17.7 Å². The molecule has 2 nitrogen and oxygen atoms in total. The van der Waals surface area contributed by atoms with Crippen LogP contribution in [0.15, 0.2) is 18.2 Å². The zero-order valence-corrected chi connectivity index (χ0v) is 11.2. The van der Waals surface area contributed by atoms with E-state index in [1.54, 1.807) is 6.92 Å². The van der Waals surface area contributed by atoms with Crippen LogP contribution in [0.2, 0.25) is 0 Å². The Balaban J connectivity index is 2.66. The van der Waals surface area contributed by atoms with Crippen LogP contribution in [0.5, 0.6) is 0 Å². The fourth-order valence-corrected chi connectivity index (χ4v) is 2.18. The van der Waals surface area contributed by atoms with Crippen LogP contribution in [0.25, 0.3) is 0 Å². The Hall–Kier alpha value is -0.950. The molecule has 19 heavy (non-hydrogen) atoms. The van der Waals surface area contributed by atoms with Gasteiger partial charge < -0.3 is 5.32 Å². The van der Waals surface area contributed by atoms with Gasteiger partial charge in [0.15, 0.2) is 0 Å². The van der Waals surface area contributed by atoms with Crippen molar-refractivity contribution in [3.63, 3.8) is 0 Å². The fraction of sp³-hybridized carbons (Fsp3) is 0.500. The van der Waals surface area contributed by atoms with Crippen molar-refractivity contribution in [3.8, 4) is 0 Å². The summed E-state index contributed by atoms with van der Waals surface area (Å²) in [5, 5.41) is 2.78. The molecule has 0 fully saturated rings. The Morgan fingerprint density at radius 1 is 1.32 bits per heavy atom. The molecule has 0 amide bonds. The highest BCUT2D eigenvalue weighted by Crippen LogP contribution is 2.32. The van der Waals surface area contributed by atoms with Gasteiger partial charge in [-0.15, -0.1) is 0 Å². The van der Waals surface area contributed by atoms with E-state index in [1.165, 1.54) is 0 Å². The highest BCUT2D eigenvalue weighted by molar-refractivity contribution is 7.84. The number of hydrogen-bond acceptors (Lipinski definition) is 2. The quantitative estimate of drug-likeness (QED) is 0.646. The van der Waals surface area contributed by atoms with E-state index in [2.05, 4.69) is 5.32 Å². The maximum Gasteiger partial charge on any atom is 0.416 e. The molecule has 1 unspecified atom stereocenters. The van der Waals surface area contributed by atoms with E-state index < -0.39 is 28.4 Å². The van der Waals surface area contributed by atoms with Crippen LogP contribution in [0.4, 0.5) is 17.6 Å². The third-order valence-corrected chi connectivity index (χ3v) is 3.82. The minimum absolute atomic E-state index is 0.0174. The third kappa shape index (κ3) is 5.28. The van der Waals surface area contributed by atoms with E-state index in [0.29, 0.717) is 24.1 Å². The number of benzene rings is 1. The van der Waals surface area contributed by atoms with Gasteiger partial charge in [0.05, 0.1) is 5.56 Å². The van der Waals surface area contributed by atoms with Crippen LogP contribution in [0, 0.1) is 5.82 Å². The van der Waals surface area contributed by atoms with Crippen molar-refractivity contribution in [2.45, 2.75) is 19.6 Å². The van der Waals surface area contributed by atoms with E-state index in [0.717, 1.165) is 12.1 Å². The zero-order valence-electron chi connectivity index (χ0n) is 10.4. The normalized spacial score (nSPS) is 13.5. The summed E-state index contributed by atoms with van der Waals surface area (Å²) in [6.45, 7) is 2.10. The van der Waals surface area contributed by atoms with Crippen molar-refractivity contribution in [2.75, 3.05) is 18.1 Å². The van der Waals surface area contributed by atoms with E-state index in [4.69, 9.17) is 0 Å². The summed E-state index contributed by atoms with van der Waals surface area (Å²) in [7, 11) is -0.956. The van der Waals surface area contributed by atoms with Gasteiger partial charge in [-0.1, -0.05) is 13.0 Å². The Morgan fingerprint density at radius 2 is 2.00 bits per heavy atom. The molecule has 0 spiro atoms. The molecule has 1 aromatic rings. The van der Waals surface area contributed by atoms with Crippen LogP contribution >= 0.6 is 0 Å². The van der Waals surface area contributed by atoms with Gasteiger partial charge in [-0.3, -0.25) is 4.21 Å². The van der Waals surface area contributed by atoms with Crippen molar-refractivity contribution in [2.24, 2.45) is 0 Å². The van der Waals surface area contributed by atoms with Crippen LogP contribution in [-0.4, -0.2) is 22.3 Å². The summed E-state index contributed by atoms with van der Waals surface area (Å²) in [5.74, 6) is -0.00593. The summed E-state index contributed by atoms with van der Waals surface area (Å²) >= 11 is 0. The molecule has 0 aliphatic heterocycles. The lowest BCUT2D eigenvalue weighted by Gasteiger charge is -2.13. The van der Waals surface area contributed by atoms with Gasteiger partial charge in [0, 0.05) is 35.4 Å². The minimum atomic E-state index is -4.58. The molecule has 1 aromatic carbocycles. The molecule has 0 aromatic heterocycles. The number of rotatable bonds is 6. The number of nitrogens with one attached hydrogen (secondary N) is 1. The van der Waals surface area contributed by atoms with E-state index in [-0.39, 0.29) is 12.1 Å². The molecule has 0 aliphatic carbocycles. The molecule has 0 saturated heterocycles. The topological polar surface area (TPSA) is 29.1 Å². The van der Waals surface area contributed by atoms with Gasteiger partial charge in [0.2, 0.25) is 0 Å². The fourth-order valence-electron chi connectivity index (χ4n) is 1.52. The van der Waals surface area contributed by atoms with Crippen molar-refractivity contribution < 1.29 is 21.8 Å². The predicted molar refractivity (Wildman–Crippen MR) is 66.7 cm³/mol. The van der Waals surface area contributed by atoms with E-state index in [9.17, 15) is 21.8 Å². The van der Waals surface area contributed by atoms with Crippen LogP contribution < -0.4 is 5.32 Å². The zero-order chi connectivity index (χ0) is 14.5. The molecule has 7 heteroatoms. The number of alkyl halides is 3. The second-order valence-corrected chi connectivity index (χ2v) is 5.77. The second kappa shape index (κ2) is 7.00. The van der Waals surface area contributed by atoms with Gasteiger partial charge in [-0.2, -0.15) is 13.2 Å². The van der Waals surface area contributed by atoms with Crippen LogP contribution in [-0.2, 0) is 23.5 Å². The van der Waals surface area contributed by atoms with Crippen LogP contribution in [0.1, 0.15) is 18.1 Å². The summed E-state index contributed by atoms with van der Waals surface area (Å²) in [5.41, 5.74) is -0.993. The first-order valence-corrected chi connectivity index (χ1v) is 7.24. The largest absolute Gasteiger partial charge is 0.416 e. The first-order chi connectivity index (χ1) is 8.84. The highest BCUT2D eigenvalue weighted by Gasteiger charge is 2.33. The Kier molecular flexibility index (Phi) is 5.93. The van der Waals surface area contributed by atoms with Crippen molar-refractivity contribution in [3.05, 3.63) is 35.1 Å². The molecule has 1 atom stereocenters. The van der Waals surface area contributed by atoms with Gasteiger partial charge >= 0.3 is 6.18 Å². The van der Waals surface area contributed by atoms with Crippen molar-refractivity contribution in [1.82, 2.24) is 5.32 Å². The molecular weight excluding hydrogens is 282 g/mol. The standard InChI is InChI=1S/C12H15F4NOS/c1-2-19(18)6-5-17-8-9-3-4-10(13)7-11(9)12(14,15)16/h3-4,7,17H,2,5-6,8H2,1H3. The Labute approximate surface area is 111 Å². The van der Waals surface area contributed by atoms with E-state index >= 15 is 0 Å². The summed E-state index contributed by atoms with van der Waals surface area (Å²) in [4.78, 5) is 0. The molecule has 0 aliphatic rings. The predicted octanol–water partition coefficient (Wildman–Crippen LogP) is 2.70. The minimum Gasteiger partial charge on any atom is -0.312 e. The van der Waals surface area contributed by atoms with Gasteiger partial charge in [-0.25, -0.2) is 4.39 Å². The molecule has 0 radical (unpaired) electrons. The maximum atomic E-state index is 12.9. The molecule has 1 N–H and O–H groups in total. The van der Waals surface area contributed by atoms with Gasteiger partial charge in [0.1, 0.15) is 5.82 Å². The number of hydrogen-bond donors (Lipinski definition) is 1. The number of halogens is 4. The molecular formula is C12H15F4NOS. The average molecular weight is 297 g/mol. The monoisotopic (exact) mass is 297 g/mol. The lowest BCUT2D eigenvalue weighted by atomic mass is 10.1. The van der Waals surface area contributed by atoms with E-state index in [1.807, 2.05) is 0 Å². The van der Waals surface area contributed by atoms with Crippen molar-refractivity contribution in [1.29, 1.82) is 0 Å². The maximum absolute atomic E-state index is 12.9. The summed E-state index contributed by atoms with van der Waals surface area (Å²) < 4.78 is 62.0. The Morgan fingerprint density at radius 3 is 2.58 bits per heavy atom. The molecule has 0 heterocycles. The molecule has 0 bridgehead atoms. The first-order valence-electron chi connectivity index (χ1n) is 5.76. The smallest absolute Gasteiger partial charge is 0.312 e. The highest BCUT2D eigenvalue weighted by atomic mass is 32.2. The van der Waals surface area contributed by atoms with Crippen molar-refractivity contribution >= 4 is 10.8 Å². The Bertz CT molecular complexity index is 448. The average Bonchev–Trinajstić information content (AvgIpc) is 2.34. The summed E-state index contributed by atoms with van der Waals surface area (Å²) in [6, 6.07) is 2.60. The first kappa shape index (κ1) is 16.1. The second-order valence-electron chi connectivity index (χ2n) is 3.91.